The highest BCUT2D eigenvalue weighted by Gasteiger charge is 2.33. The molecule has 0 aromatic heterocycles. The Morgan fingerprint density at radius 1 is 1.21 bits per heavy atom. The number of nitrogens with zero attached hydrogens (tertiary/aromatic N) is 2. The summed E-state index contributed by atoms with van der Waals surface area (Å²) >= 11 is 7.53. The van der Waals surface area contributed by atoms with E-state index in [0.29, 0.717) is 27.9 Å². The van der Waals surface area contributed by atoms with Crippen LogP contribution in [0.1, 0.15) is 18.9 Å². The van der Waals surface area contributed by atoms with Crippen LogP contribution in [0.4, 0.5) is 5.69 Å². The number of methoxy groups -OCH3 is 2. The van der Waals surface area contributed by atoms with Gasteiger partial charge in [-0.1, -0.05) is 18.5 Å². The maximum atomic E-state index is 13.1. The van der Waals surface area contributed by atoms with E-state index >= 15 is 0 Å². The van der Waals surface area contributed by atoms with Gasteiger partial charge in [-0.2, -0.15) is 0 Å². The fourth-order valence-corrected chi connectivity index (χ4v) is 4.32. The first kappa shape index (κ1) is 24.5. The molecule has 1 fully saturated rings. The monoisotopic (exact) mass is 489 g/mol. The topological polar surface area (TPSA) is 100 Å². The summed E-state index contributed by atoms with van der Waals surface area (Å²) < 4.78 is 15.6. The van der Waals surface area contributed by atoms with Gasteiger partial charge in [0.1, 0.15) is 12.4 Å². The Kier molecular flexibility index (Phi) is 8.24. The summed E-state index contributed by atoms with van der Waals surface area (Å²) in [4.78, 5) is 30.5. The van der Waals surface area contributed by atoms with E-state index in [1.807, 2.05) is 19.1 Å². The zero-order valence-corrected chi connectivity index (χ0v) is 19.9. The highest BCUT2D eigenvalue weighted by molar-refractivity contribution is 8.18. The minimum atomic E-state index is -1.38. The Morgan fingerprint density at radius 2 is 1.94 bits per heavy atom. The van der Waals surface area contributed by atoms with Crippen molar-refractivity contribution in [1.82, 2.24) is 4.90 Å². The van der Waals surface area contributed by atoms with Crippen LogP contribution in [0.2, 0.25) is 5.02 Å². The third-order valence-corrected chi connectivity index (χ3v) is 5.80. The molecule has 174 valence electrons. The molecule has 3 rings (SSSR count). The number of halogens is 1. The van der Waals surface area contributed by atoms with Crippen LogP contribution in [-0.4, -0.2) is 49.3 Å². The first-order valence-corrected chi connectivity index (χ1v) is 11.2. The second kappa shape index (κ2) is 11.1. The van der Waals surface area contributed by atoms with E-state index in [-0.39, 0.29) is 22.4 Å². The number of thioether (sulfide) groups is 1. The number of ether oxygens (including phenoxy) is 3. The Morgan fingerprint density at radius 3 is 2.55 bits per heavy atom. The predicted molar refractivity (Wildman–Crippen MR) is 126 cm³/mol. The van der Waals surface area contributed by atoms with Crippen molar-refractivity contribution < 1.29 is 28.9 Å². The van der Waals surface area contributed by atoms with Crippen LogP contribution >= 0.6 is 23.4 Å². The molecule has 1 saturated heterocycles. The number of amides is 1. The Bertz CT molecular complexity index is 1100. The SMILES string of the molecule is CCCN1C(=O)/C(=C/c2cc(Cl)c(OCC(=O)[O-])c(OC)c2)SC1=Nc1ccc(OC)cc1. The Hall–Kier alpha value is -3.17. The minimum absolute atomic E-state index is 0.0882. The van der Waals surface area contributed by atoms with E-state index in [2.05, 4.69) is 4.99 Å². The van der Waals surface area contributed by atoms with Crippen molar-refractivity contribution in [2.75, 3.05) is 27.4 Å². The third-order valence-electron chi connectivity index (χ3n) is 4.52. The fraction of sp³-hybridized carbons (Fsp3) is 0.261. The van der Waals surface area contributed by atoms with Gasteiger partial charge < -0.3 is 24.1 Å². The van der Waals surface area contributed by atoms with Crippen molar-refractivity contribution in [3.8, 4) is 17.2 Å². The summed E-state index contributed by atoms with van der Waals surface area (Å²) in [6.07, 6.45) is 2.45. The lowest BCUT2D eigenvalue weighted by Gasteiger charge is -2.14. The van der Waals surface area contributed by atoms with Crippen molar-refractivity contribution in [1.29, 1.82) is 0 Å². The largest absolute Gasteiger partial charge is 0.546 e. The van der Waals surface area contributed by atoms with E-state index in [1.165, 1.54) is 18.9 Å². The molecule has 33 heavy (non-hydrogen) atoms. The second-order valence-corrected chi connectivity index (χ2v) is 8.27. The van der Waals surface area contributed by atoms with E-state index < -0.39 is 12.6 Å². The average Bonchev–Trinajstić information content (AvgIpc) is 3.07. The summed E-state index contributed by atoms with van der Waals surface area (Å²) in [5.74, 6) is -0.500. The van der Waals surface area contributed by atoms with Gasteiger partial charge in [0.25, 0.3) is 5.91 Å². The molecule has 1 heterocycles. The van der Waals surface area contributed by atoms with Crippen LogP contribution in [-0.2, 0) is 9.59 Å². The van der Waals surface area contributed by atoms with Crippen LogP contribution < -0.4 is 19.3 Å². The maximum Gasteiger partial charge on any atom is 0.266 e. The molecule has 2 aromatic carbocycles. The number of amidine groups is 1. The lowest BCUT2D eigenvalue weighted by atomic mass is 10.1. The number of hydrogen-bond acceptors (Lipinski definition) is 8. The van der Waals surface area contributed by atoms with Gasteiger partial charge in [0.05, 0.1) is 35.8 Å². The highest BCUT2D eigenvalue weighted by Crippen LogP contribution is 2.39. The Balaban J connectivity index is 1.92. The zero-order valence-electron chi connectivity index (χ0n) is 18.3. The lowest BCUT2D eigenvalue weighted by molar-refractivity contribution is -0.307. The number of aliphatic imine (C=N–C) groups is 1. The summed E-state index contributed by atoms with van der Waals surface area (Å²) in [5.41, 5.74) is 1.29. The standard InChI is InChI=1S/C23H23ClN2O6S/c1-4-9-26-22(29)19(33-23(26)25-15-5-7-16(30-2)8-6-15)12-14-10-17(24)21(18(11-14)31-3)32-13-20(27)28/h5-8,10-12H,4,9,13H2,1-3H3,(H,27,28)/p-1/b19-12-,25-23?. The molecule has 1 amide bonds. The fourth-order valence-electron chi connectivity index (χ4n) is 3.03. The van der Waals surface area contributed by atoms with Gasteiger partial charge >= 0.3 is 0 Å². The van der Waals surface area contributed by atoms with E-state index in [4.69, 9.17) is 25.8 Å². The molecule has 0 N–H and O–H groups in total. The van der Waals surface area contributed by atoms with Crippen molar-refractivity contribution in [2.24, 2.45) is 4.99 Å². The van der Waals surface area contributed by atoms with E-state index in [0.717, 1.165) is 12.2 Å². The summed E-state index contributed by atoms with van der Waals surface area (Å²) in [7, 11) is 3.00. The zero-order chi connectivity index (χ0) is 24.0. The molecule has 8 nitrogen and oxygen atoms in total. The molecule has 0 spiro atoms. The van der Waals surface area contributed by atoms with Crippen LogP contribution in [0.25, 0.3) is 6.08 Å². The number of aliphatic carboxylic acids is 1. The van der Waals surface area contributed by atoms with Gasteiger partial charge in [0.15, 0.2) is 16.7 Å². The van der Waals surface area contributed by atoms with Gasteiger partial charge in [-0.3, -0.25) is 9.69 Å². The number of benzene rings is 2. The molecular formula is C23H22ClN2O6S-. The molecule has 0 aliphatic carbocycles. The van der Waals surface area contributed by atoms with E-state index in [1.54, 1.807) is 42.4 Å². The van der Waals surface area contributed by atoms with Gasteiger partial charge in [0.2, 0.25) is 0 Å². The molecule has 1 aliphatic heterocycles. The van der Waals surface area contributed by atoms with E-state index in [9.17, 15) is 14.7 Å². The second-order valence-electron chi connectivity index (χ2n) is 6.85. The quantitative estimate of drug-likeness (QED) is 0.497. The molecule has 0 bridgehead atoms. The van der Waals surface area contributed by atoms with Crippen molar-refractivity contribution in [3.05, 3.63) is 51.9 Å². The first-order valence-electron chi connectivity index (χ1n) is 10.0. The number of hydrogen-bond donors (Lipinski definition) is 0. The van der Waals surface area contributed by atoms with Gasteiger partial charge in [-0.25, -0.2) is 4.99 Å². The molecule has 2 aromatic rings. The average molecular weight is 490 g/mol. The number of carbonyl (C=O) groups is 2. The molecule has 0 radical (unpaired) electrons. The summed E-state index contributed by atoms with van der Waals surface area (Å²) in [6.45, 7) is 1.85. The van der Waals surface area contributed by atoms with Gasteiger partial charge in [0, 0.05) is 6.54 Å². The minimum Gasteiger partial charge on any atom is -0.546 e. The Labute approximate surface area is 200 Å². The highest BCUT2D eigenvalue weighted by atomic mass is 35.5. The molecular weight excluding hydrogens is 468 g/mol. The van der Waals surface area contributed by atoms with Crippen LogP contribution in [0, 0.1) is 0 Å². The maximum absolute atomic E-state index is 13.1. The van der Waals surface area contributed by atoms with Gasteiger partial charge in [-0.05, 0) is 66.2 Å². The predicted octanol–water partition coefficient (Wildman–Crippen LogP) is 3.50. The summed E-state index contributed by atoms with van der Waals surface area (Å²) in [5, 5.41) is 11.4. The summed E-state index contributed by atoms with van der Waals surface area (Å²) in [6, 6.07) is 10.4. The molecule has 0 unspecified atom stereocenters. The first-order chi connectivity index (χ1) is 15.9. The smallest absolute Gasteiger partial charge is 0.266 e. The lowest BCUT2D eigenvalue weighted by Crippen LogP contribution is -2.29. The molecule has 0 saturated carbocycles. The number of carboxylic acid groups (broad SMARTS) is 1. The van der Waals surface area contributed by atoms with Crippen molar-refractivity contribution >= 4 is 52.2 Å². The number of carbonyl (C=O) groups excluding carboxylic acids is 2. The normalized spacial score (nSPS) is 15.9. The van der Waals surface area contributed by atoms with Crippen LogP contribution in [0.5, 0.6) is 17.2 Å². The molecule has 0 atom stereocenters. The number of carboxylic acids is 1. The van der Waals surface area contributed by atoms with Crippen LogP contribution in [0.3, 0.4) is 0 Å². The van der Waals surface area contributed by atoms with Gasteiger partial charge in [-0.15, -0.1) is 0 Å². The molecule has 1 aliphatic rings. The van der Waals surface area contributed by atoms with Crippen LogP contribution in [0.15, 0.2) is 46.3 Å². The van der Waals surface area contributed by atoms with Crippen molar-refractivity contribution in [2.45, 2.75) is 13.3 Å². The number of rotatable bonds is 9. The third kappa shape index (κ3) is 6.00. The molecule has 10 heteroatoms. The van der Waals surface area contributed by atoms with Crippen molar-refractivity contribution in [3.63, 3.8) is 0 Å².